The van der Waals surface area contributed by atoms with E-state index in [9.17, 15) is 4.39 Å². The van der Waals surface area contributed by atoms with Gasteiger partial charge in [-0.25, -0.2) is 9.37 Å². The van der Waals surface area contributed by atoms with Crippen LogP contribution in [0.5, 0.6) is 17.4 Å². The molecule has 1 aliphatic rings. The van der Waals surface area contributed by atoms with Crippen molar-refractivity contribution in [3.05, 3.63) is 78.2 Å². The number of hydrogen-bond donors (Lipinski definition) is 2. The molecule has 1 atom stereocenters. The number of aromatic nitrogens is 1. The fourth-order valence-electron chi connectivity index (χ4n) is 3.85. The van der Waals surface area contributed by atoms with Crippen LogP contribution in [0.15, 0.2) is 71.9 Å². The lowest BCUT2D eigenvalue weighted by atomic mass is 10.2. The van der Waals surface area contributed by atoms with Crippen LogP contribution in [0.3, 0.4) is 0 Å². The molecule has 1 aromatic heterocycles. The lowest BCUT2D eigenvalue weighted by Crippen LogP contribution is -2.44. The monoisotopic (exact) mass is 577 g/mol. The Labute approximate surface area is 216 Å². The van der Waals surface area contributed by atoms with E-state index >= 15 is 0 Å². The van der Waals surface area contributed by atoms with Crippen LogP contribution < -0.4 is 25.0 Å². The van der Waals surface area contributed by atoms with Crippen LogP contribution in [0.1, 0.15) is 12.0 Å². The van der Waals surface area contributed by atoms with Crippen molar-refractivity contribution >= 4 is 35.6 Å². The molecule has 3 aromatic rings. The van der Waals surface area contributed by atoms with Gasteiger partial charge in [0.1, 0.15) is 17.3 Å². The van der Waals surface area contributed by atoms with Crippen LogP contribution in [0.2, 0.25) is 0 Å². The number of para-hydroxylation sites is 2. The van der Waals surface area contributed by atoms with Crippen molar-refractivity contribution in [2.45, 2.75) is 19.0 Å². The zero-order valence-corrected chi connectivity index (χ0v) is 21.5. The van der Waals surface area contributed by atoms with Gasteiger partial charge in [-0.05, 0) is 36.8 Å². The van der Waals surface area contributed by atoms with Crippen molar-refractivity contribution in [3.8, 4) is 17.4 Å². The summed E-state index contributed by atoms with van der Waals surface area (Å²) in [4.78, 5) is 11.0. The largest absolute Gasteiger partial charge is 0.495 e. The first kappa shape index (κ1) is 25.5. The number of nitrogens with zero attached hydrogens (tertiary/aromatic N) is 3. The number of guanidine groups is 1. The van der Waals surface area contributed by atoms with Crippen molar-refractivity contribution in [2.24, 2.45) is 4.99 Å². The zero-order valence-electron chi connectivity index (χ0n) is 19.2. The minimum atomic E-state index is -0.355. The average molecular weight is 577 g/mol. The maximum atomic E-state index is 13.5. The number of benzene rings is 2. The highest BCUT2D eigenvalue weighted by molar-refractivity contribution is 14.0. The fourth-order valence-corrected chi connectivity index (χ4v) is 3.85. The molecule has 0 saturated carbocycles. The standard InChI is InChI=1S/C25H28FN5O2.HI/c1-27-25(30-20-12-14-31(17-20)22-10-3-4-11-23(22)32-2)29-16-18-7-6-13-28-24(18)33-21-9-5-8-19(26)15-21;/h3-11,13,15,20H,12,14,16-17H2,1-2H3,(H2,27,29,30);1H. The Morgan fingerprint density at radius 1 is 1.18 bits per heavy atom. The molecule has 0 aliphatic carbocycles. The van der Waals surface area contributed by atoms with Gasteiger partial charge < -0.3 is 25.0 Å². The zero-order chi connectivity index (χ0) is 23.0. The van der Waals surface area contributed by atoms with Gasteiger partial charge in [0.2, 0.25) is 5.88 Å². The number of methoxy groups -OCH3 is 1. The number of anilines is 1. The summed E-state index contributed by atoms with van der Waals surface area (Å²) in [6.07, 6.45) is 2.63. The fraction of sp³-hybridized carbons (Fsp3) is 0.280. The van der Waals surface area contributed by atoms with E-state index in [4.69, 9.17) is 9.47 Å². The minimum Gasteiger partial charge on any atom is -0.495 e. The first-order valence-corrected chi connectivity index (χ1v) is 10.9. The number of aliphatic imine (C=N–C) groups is 1. The van der Waals surface area contributed by atoms with Gasteiger partial charge in [-0.3, -0.25) is 4.99 Å². The first-order valence-electron chi connectivity index (χ1n) is 10.9. The molecule has 180 valence electrons. The highest BCUT2D eigenvalue weighted by Crippen LogP contribution is 2.30. The second kappa shape index (κ2) is 12.4. The molecule has 4 rings (SSSR count). The Kier molecular flexibility index (Phi) is 9.32. The van der Waals surface area contributed by atoms with Crippen LogP contribution in [-0.4, -0.2) is 44.2 Å². The Balaban J connectivity index is 0.00000324. The predicted octanol–water partition coefficient (Wildman–Crippen LogP) is 4.58. The Bertz CT molecular complexity index is 1110. The van der Waals surface area contributed by atoms with Gasteiger partial charge in [0.25, 0.3) is 0 Å². The molecule has 1 unspecified atom stereocenters. The summed E-state index contributed by atoms with van der Waals surface area (Å²) < 4.78 is 24.8. The Morgan fingerprint density at radius 3 is 2.82 bits per heavy atom. The summed E-state index contributed by atoms with van der Waals surface area (Å²) in [5, 5.41) is 6.82. The average Bonchev–Trinajstić information content (AvgIpc) is 3.31. The molecular weight excluding hydrogens is 548 g/mol. The quantitative estimate of drug-likeness (QED) is 0.244. The van der Waals surface area contributed by atoms with E-state index in [1.807, 2.05) is 30.3 Å². The van der Waals surface area contributed by atoms with E-state index in [-0.39, 0.29) is 35.8 Å². The summed E-state index contributed by atoms with van der Waals surface area (Å²) >= 11 is 0. The van der Waals surface area contributed by atoms with E-state index in [0.717, 1.165) is 36.5 Å². The molecule has 2 N–H and O–H groups in total. The maximum Gasteiger partial charge on any atom is 0.224 e. The number of hydrogen-bond acceptors (Lipinski definition) is 5. The topological polar surface area (TPSA) is 71.0 Å². The van der Waals surface area contributed by atoms with Gasteiger partial charge in [0.05, 0.1) is 12.8 Å². The molecule has 0 bridgehead atoms. The van der Waals surface area contributed by atoms with Crippen molar-refractivity contribution in [1.29, 1.82) is 0 Å². The molecule has 1 aliphatic heterocycles. The number of ether oxygens (including phenoxy) is 2. The molecule has 0 amide bonds. The lowest BCUT2D eigenvalue weighted by molar-refractivity contribution is 0.415. The third kappa shape index (κ3) is 6.49. The summed E-state index contributed by atoms with van der Waals surface area (Å²) in [5.74, 6) is 2.05. The molecule has 7 nitrogen and oxygen atoms in total. The Hall–Kier alpha value is -3.08. The number of pyridine rings is 1. The Morgan fingerprint density at radius 2 is 2.03 bits per heavy atom. The van der Waals surface area contributed by atoms with Crippen molar-refractivity contribution in [3.63, 3.8) is 0 Å². The third-order valence-electron chi connectivity index (χ3n) is 5.49. The number of rotatable bonds is 7. The van der Waals surface area contributed by atoms with Crippen LogP contribution in [0.4, 0.5) is 10.1 Å². The second-order valence-corrected chi connectivity index (χ2v) is 7.70. The summed E-state index contributed by atoms with van der Waals surface area (Å²) in [7, 11) is 3.44. The van der Waals surface area contributed by atoms with Crippen molar-refractivity contribution in [2.75, 3.05) is 32.1 Å². The lowest BCUT2D eigenvalue weighted by Gasteiger charge is -2.22. The molecular formula is C25H29FIN5O2. The van der Waals surface area contributed by atoms with Gasteiger partial charge >= 0.3 is 0 Å². The number of nitrogens with one attached hydrogen (secondary N) is 2. The normalized spacial score (nSPS) is 15.4. The SMILES string of the molecule is CN=C(NCc1cccnc1Oc1cccc(F)c1)NC1CCN(c2ccccc2OC)C1.I. The minimum absolute atomic E-state index is 0. The smallest absolute Gasteiger partial charge is 0.224 e. The van der Waals surface area contributed by atoms with Crippen LogP contribution in [-0.2, 0) is 6.54 Å². The van der Waals surface area contributed by atoms with Crippen LogP contribution in [0, 0.1) is 5.82 Å². The van der Waals surface area contributed by atoms with Crippen molar-refractivity contribution < 1.29 is 13.9 Å². The summed E-state index contributed by atoms with van der Waals surface area (Å²) in [6.45, 7) is 2.24. The highest BCUT2D eigenvalue weighted by Gasteiger charge is 2.25. The van der Waals surface area contributed by atoms with Gasteiger partial charge in [0.15, 0.2) is 5.96 Å². The van der Waals surface area contributed by atoms with E-state index in [0.29, 0.717) is 24.1 Å². The van der Waals surface area contributed by atoms with Crippen LogP contribution >= 0.6 is 24.0 Å². The molecule has 34 heavy (non-hydrogen) atoms. The van der Waals surface area contributed by atoms with Crippen LogP contribution in [0.25, 0.3) is 0 Å². The predicted molar refractivity (Wildman–Crippen MR) is 143 cm³/mol. The van der Waals surface area contributed by atoms with E-state index < -0.39 is 0 Å². The second-order valence-electron chi connectivity index (χ2n) is 7.70. The van der Waals surface area contributed by atoms with Gasteiger partial charge in [-0.1, -0.05) is 24.3 Å². The number of halogens is 2. The molecule has 0 spiro atoms. The van der Waals surface area contributed by atoms with E-state index in [1.54, 1.807) is 32.5 Å². The van der Waals surface area contributed by atoms with E-state index in [2.05, 4.69) is 31.6 Å². The van der Waals surface area contributed by atoms with Gasteiger partial charge in [-0.15, -0.1) is 24.0 Å². The third-order valence-corrected chi connectivity index (χ3v) is 5.49. The summed E-state index contributed by atoms with van der Waals surface area (Å²) in [6, 6.07) is 18.1. The van der Waals surface area contributed by atoms with Crippen molar-refractivity contribution in [1.82, 2.24) is 15.6 Å². The molecule has 9 heteroatoms. The van der Waals surface area contributed by atoms with Gasteiger partial charge in [-0.2, -0.15) is 0 Å². The first-order chi connectivity index (χ1) is 16.2. The highest BCUT2D eigenvalue weighted by atomic mass is 127. The molecule has 0 radical (unpaired) electrons. The van der Waals surface area contributed by atoms with Gasteiger partial charge in [0, 0.05) is 50.6 Å². The van der Waals surface area contributed by atoms with E-state index in [1.165, 1.54) is 12.1 Å². The summed E-state index contributed by atoms with van der Waals surface area (Å²) in [5.41, 5.74) is 1.94. The maximum absolute atomic E-state index is 13.5. The molecule has 1 fully saturated rings. The molecule has 2 aromatic carbocycles. The molecule has 2 heterocycles. The molecule has 1 saturated heterocycles.